The number of rotatable bonds is 7. The average Bonchev–Trinajstić information content (AvgIpc) is 2.65. The molecule has 26 heavy (non-hydrogen) atoms. The normalized spacial score (nSPS) is 12.3. The maximum absolute atomic E-state index is 12.8. The highest BCUT2D eigenvalue weighted by Crippen LogP contribution is 2.42. The highest BCUT2D eigenvalue weighted by Gasteiger charge is 2.33. The first-order chi connectivity index (χ1) is 12.3. The number of hydrogen-bond acceptors (Lipinski definition) is 5. The molecule has 0 spiro atoms. The van der Waals surface area contributed by atoms with Crippen LogP contribution < -0.4 is 9.47 Å². The van der Waals surface area contributed by atoms with Gasteiger partial charge < -0.3 is 9.47 Å². The van der Waals surface area contributed by atoms with Crippen LogP contribution in [0.3, 0.4) is 0 Å². The van der Waals surface area contributed by atoms with Crippen molar-refractivity contribution in [2.24, 2.45) is 0 Å². The Morgan fingerprint density at radius 1 is 0.923 bits per heavy atom. The van der Waals surface area contributed by atoms with Crippen LogP contribution in [0.1, 0.15) is 27.6 Å². The van der Waals surface area contributed by atoms with Gasteiger partial charge in [-0.1, -0.05) is 35.3 Å². The lowest BCUT2D eigenvalue weighted by Gasteiger charge is -2.15. The van der Waals surface area contributed by atoms with Gasteiger partial charge in [-0.3, -0.25) is 14.2 Å². The molecule has 0 N–H and O–H groups in total. The number of carbonyl (C=O) groups excluding carboxylic acids is 2. The molecule has 137 valence electrons. The number of halogens is 2. The monoisotopic (exact) mass is 413 g/mol. The molecule has 0 bridgehead atoms. The van der Waals surface area contributed by atoms with E-state index in [2.05, 4.69) is 0 Å². The molecular formula is C18H16Cl2O5P. The smallest absolute Gasteiger partial charge is 0.250 e. The predicted molar refractivity (Wildman–Crippen MR) is 102 cm³/mol. The van der Waals surface area contributed by atoms with E-state index < -0.39 is 24.8 Å². The van der Waals surface area contributed by atoms with E-state index in [1.165, 1.54) is 33.3 Å². The van der Waals surface area contributed by atoms with Crippen LogP contribution in [0.25, 0.3) is 0 Å². The molecule has 2 rings (SSSR count). The summed E-state index contributed by atoms with van der Waals surface area (Å²) in [6.07, 6.45) is 0. The van der Waals surface area contributed by atoms with Crippen molar-refractivity contribution in [2.75, 3.05) is 14.2 Å². The molecule has 8 heteroatoms. The molecule has 0 aliphatic rings. The van der Waals surface area contributed by atoms with E-state index in [9.17, 15) is 14.2 Å². The molecule has 0 fully saturated rings. The fraction of sp³-hybridized carbons (Fsp3) is 0.222. The summed E-state index contributed by atoms with van der Waals surface area (Å²) in [5.74, 6) is -0.134. The van der Waals surface area contributed by atoms with Crippen molar-refractivity contribution in [3.8, 4) is 11.5 Å². The van der Waals surface area contributed by atoms with E-state index in [1.807, 2.05) is 0 Å². The topological polar surface area (TPSA) is 69.7 Å². The van der Waals surface area contributed by atoms with Gasteiger partial charge in [-0.2, -0.15) is 0 Å². The maximum atomic E-state index is 12.8. The summed E-state index contributed by atoms with van der Waals surface area (Å²) < 4.78 is 23.1. The van der Waals surface area contributed by atoms with Gasteiger partial charge in [-0.05, 0) is 31.2 Å². The first kappa shape index (κ1) is 20.4. The second-order valence-corrected chi connectivity index (χ2v) is 7.95. The second kappa shape index (κ2) is 8.63. The fourth-order valence-corrected chi connectivity index (χ4v) is 4.11. The average molecular weight is 414 g/mol. The van der Waals surface area contributed by atoms with Gasteiger partial charge >= 0.3 is 0 Å². The summed E-state index contributed by atoms with van der Waals surface area (Å²) in [5.41, 5.74) is -1.78. The second-order valence-electron chi connectivity index (χ2n) is 5.31. The Balaban J connectivity index is 2.40. The molecule has 0 saturated heterocycles. The van der Waals surface area contributed by atoms with Crippen LogP contribution >= 0.6 is 31.0 Å². The zero-order valence-corrected chi connectivity index (χ0v) is 16.7. The van der Waals surface area contributed by atoms with Gasteiger partial charge in [0.15, 0.2) is 13.6 Å². The van der Waals surface area contributed by atoms with Gasteiger partial charge in [0.1, 0.15) is 17.1 Å². The number of ketones is 1. The Bertz CT molecular complexity index is 839. The standard InChI is InChI=1S/C18H16Cl2O5P/c1-10(17(21)15-11(19)6-4-7-12(15)20)26(23)18(22)16-13(24-2)8-5-9-14(16)25-3/h4-10H,1-3H3. The van der Waals surface area contributed by atoms with Crippen molar-refractivity contribution in [1.82, 2.24) is 0 Å². The van der Waals surface area contributed by atoms with E-state index >= 15 is 0 Å². The Morgan fingerprint density at radius 2 is 1.38 bits per heavy atom. The van der Waals surface area contributed by atoms with Crippen molar-refractivity contribution < 1.29 is 23.6 Å². The highest BCUT2D eigenvalue weighted by molar-refractivity contribution is 7.66. The van der Waals surface area contributed by atoms with Crippen molar-refractivity contribution >= 4 is 42.3 Å². The van der Waals surface area contributed by atoms with Crippen molar-refractivity contribution in [3.05, 3.63) is 57.6 Å². The first-order valence-corrected chi connectivity index (χ1v) is 9.61. The zero-order valence-electron chi connectivity index (χ0n) is 14.3. The minimum absolute atomic E-state index is 0.0310. The van der Waals surface area contributed by atoms with Gasteiger partial charge in [-0.15, -0.1) is 0 Å². The van der Waals surface area contributed by atoms with E-state index in [4.69, 9.17) is 32.7 Å². The summed E-state index contributed by atoms with van der Waals surface area (Å²) in [6, 6.07) is 9.35. The van der Waals surface area contributed by atoms with Crippen LogP contribution in [-0.2, 0) is 4.57 Å². The minimum atomic E-state index is -2.63. The number of ether oxygens (including phenoxy) is 2. The van der Waals surface area contributed by atoms with Gasteiger partial charge in [0.05, 0.1) is 35.5 Å². The molecule has 2 atom stereocenters. The van der Waals surface area contributed by atoms with Gasteiger partial charge in [0.25, 0.3) is 0 Å². The Morgan fingerprint density at radius 3 is 1.85 bits per heavy atom. The lowest BCUT2D eigenvalue weighted by atomic mass is 10.1. The van der Waals surface area contributed by atoms with Crippen LogP contribution in [0.15, 0.2) is 36.4 Å². The molecule has 0 heterocycles. The third-order valence-corrected chi connectivity index (χ3v) is 5.97. The number of carbonyl (C=O) groups is 2. The number of Topliss-reactive ketones (excluding diaryl/α,β-unsaturated/α-hetero) is 1. The lowest BCUT2D eigenvalue weighted by Crippen LogP contribution is -2.17. The first-order valence-electron chi connectivity index (χ1n) is 7.53. The fourth-order valence-electron chi connectivity index (χ4n) is 2.40. The van der Waals surface area contributed by atoms with Crippen LogP contribution in [0.4, 0.5) is 0 Å². The summed E-state index contributed by atoms with van der Waals surface area (Å²) in [4.78, 5) is 25.5. The maximum Gasteiger partial charge on any atom is 0.250 e. The van der Waals surface area contributed by atoms with Gasteiger partial charge in [0.2, 0.25) is 5.52 Å². The minimum Gasteiger partial charge on any atom is -0.496 e. The summed E-state index contributed by atoms with van der Waals surface area (Å²) >= 11 is 12.1. The SMILES string of the molecule is COc1cccc(OC)c1C(=O)[P](=O)C(C)C(=O)c1c(Cl)cccc1Cl. The number of hydrogen-bond donors (Lipinski definition) is 0. The molecule has 0 aliphatic heterocycles. The van der Waals surface area contributed by atoms with Gasteiger partial charge in [-0.25, -0.2) is 0 Å². The van der Waals surface area contributed by atoms with Crippen LogP contribution in [0.5, 0.6) is 11.5 Å². The molecule has 0 aliphatic carbocycles. The van der Waals surface area contributed by atoms with Crippen molar-refractivity contribution in [1.29, 1.82) is 0 Å². The molecule has 2 aromatic carbocycles. The van der Waals surface area contributed by atoms with E-state index in [0.717, 1.165) is 0 Å². The van der Waals surface area contributed by atoms with Gasteiger partial charge in [0, 0.05) is 0 Å². The summed E-state index contributed by atoms with van der Waals surface area (Å²) in [6.45, 7) is 1.40. The van der Waals surface area contributed by atoms with Crippen LogP contribution in [0, 0.1) is 0 Å². The molecule has 0 amide bonds. The molecule has 2 aromatic rings. The van der Waals surface area contributed by atoms with E-state index in [0.29, 0.717) is 0 Å². The predicted octanol–water partition coefficient (Wildman–Crippen LogP) is 5.25. The molecule has 1 radical (unpaired) electrons. The third-order valence-electron chi connectivity index (χ3n) is 3.78. The Labute approximate surface area is 162 Å². The number of methoxy groups -OCH3 is 2. The largest absolute Gasteiger partial charge is 0.496 e. The summed E-state index contributed by atoms with van der Waals surface area (Å²) in [5, 5.41) is 0.278. The zero-order chi connectivity index (χ0) is 19.4. The Hall–Kier alpha value is -1.94. The molecule has 0 aromatic heterocycles. The highest BCUT2D eigenvalue weighted by atomic mass is 35.5. The third kappa shape index (κ3) is 3.90. The van der Waals surface area contributed by atoms with Crippen molar-refractivity contribution in [3.63, 3.8) is 0 Å². The molecule has 0 saturated carbocycles. The van der Waals surface area contributed by atoms with Crippen LogP contribution in [-0.4, -0.2) is 31.2 Å². The van der Waals surface area contributed by atoms with Crippen molar-refractivity contribution in [2.45, 2.75) is 12.6 Å². The summed E-state index contributed by atoms with van der Waals surface area (Å²) in [7, 11) is 0.145. The molecule has 5 nitrogen and oxygen atoms in total. The van der Waals surface area contributed by atoms with E-state index in [-0.39, 0.29) is 32.7 Å². The molecular weight excluding hydrogens is 398 g/mol. The Kier molecular flexibility index (Phi) is 6.76. The molecule has 2 unspecified atom stereocenters. The number of benzene rings is 2. The van der Waals surface area contributed by atoms with E-state index in [1.54, 1.807) is 24.3 Å². The van der Waals surface area contributed by atoms with Crippen LogP contribution in [0.2, 0.25) is 10.0 Å². The quantitative estimate of drug-likeness (QED) is 0.457. The lowest BCUT2D eigenvalue weighted by molar-refractivity contribution is 0.0982.